The number of nitrogens with two attached hydrogens (primary N) is 1. The molecule has 2 N–H and O–H groups in total. The zero-order chi connectivity index (χ0) is 10.4. The second-order valence-corrected chi connectivity index (χ2v) is 4.27. The van der Waals surface area contributed by atoms with Crippen LogP contribution in [0.15, 0.2) is 0 Å². The van der Waals surface area contributed by atoms with Crippen molar-refractivity contribution in [3.8, 4) is 0 Å². The molecule has 84 valence electrons. The summed E-state index contributed by atoms with van der Waals surface area (Å²) in [5.74, 6) is 1.37. The van der Waals surface area contributed by atoms with Crippen molar-refractivity contribution in [3.05, 3.63) is 0 Å². The predicted molar refractivity (Wildman–Crippen MR) is 57.2 cm³/mol. The molecule has 0 spiro atoms. The minimum Gasteiger partial charge on any atom is -0.379 e. The Labute approximate surface area is 86.9 Å². The zero-order valence-corrected chi connectivity index (χ0v) is 9.37. The second kappa shape index (κ2) is 6.38. The third-order valence-corrected chi connectivity index (χ3v) is 3.21. The zero-order valence-electron chi connectivity index (χ0n) is 9.37. The van der Waals surface area contributed by atoms with Crippen LogP contribution in [0.4, 0.5) is 0 Å². The van der Waals surface area contributed by atoms with E-state index in [-0.39, 0.29) is 6.10 Å². The van der Waals surface area contributed by atoms with Gasteiger partial charge in [0.1, 0.15) is 0 Å². The Morgan fingerprint density at radius 1 is 1.36 bits per heavy atom. The van der Waals surface area contributed by atoms with E-state index in [1.807, 2.05) is 6.92 Å². The Morgan fingerprint density at radius 3 is 2.71 bits per heavy atom. The van der Waals surface area contributed by atoms with Crippen molar-refractivity contribution in [1.29, 1.82) is 0 Å². The van der Waals surface area contributed by atoms with Gasteiger partial charge in [-0.15, -0.1) is 0 Å². The molecule has 0 aromatic rings. The molecule has 1 rings (SSSR count). The monoisotopic (exact) mass is 201 g/mol. The summed E-state index contributed by atoms with van der Waals surface area (Å²) in [6.45, 7) is 4.39. The van der Waals surface area contributed by atoms with Crippen LogP contribution in [0, 0.1) is 11.8 Å². The standard InChI is InChI=1S/C11H23NO2/c1-9(13-2)7-14-8-11-5-3-4-10(11)6-12/h9-11H,3-8,12H2,1-2H3. The van der Waals surface area contributed by atoms with Gasteiger partial charge in [0.15, 0.2) is 0 Å². The van der Waals surface area contributed by atoms with Crippen LogP contribution in [0.2, 0.25) is 0 Å². The maximum absolute atomic E-state index is 5.70. The topological polar surface area (TPSA) is 44.5 Å². The van der Waals surface area contributed by atoms with Gasteiger partial charge in [-0.05, 0) is 38.1 Å². The average molecular weight is 201 g/mol. The summed E-state index contributed by atoms with van der Waals surface area (Å²) in [5, 5.41) is 0. The van der Waals surface area contributed by atoms with Crippen molar-refractivity contribution in [2.45, 2.75) is 32.3 Å². The summed E-state index contributed by atoms with van der Waals surface area (Å²) in [6.07, 6.45) is 4.08. The molecule has 1 aliphatic carbocycles. The van der Waals surface area contributed by atoms with E-state index in [1.54, 1.807) is 7.11 Å². The highest BCUT2D eigenvalue weighted by atomic mass is 16.5. The van der Waals surface area contributed by atoms with E-state index in [1.165, 1.54) is 19.3 Å². The van der Waals surface area contributed by atoms with Crippen LogP contribution in [-0.4, -0.2) is 33.0 Å². The van der Waals surface area contributed by atoms with Crippen molar-refractivity contribution in [2.24, 2.45) is 17.6 Å². The molecule has 0 saturated heterocycles. The fourth-order valence-corrected chi connectivity index (χ4v) is 2.10. The van der Waals surface area contributed by atoms with E-state index >= 15 is 0 Å². The van der Waals surface area contributed by atoms with Gasteiger partial charge in [-0.1, -0.05) is 6.42 Å². The van der Waals surface area contributed by atoms with Gasteiger partial charge in [-0.3, -0.25) is 0 Å². The maximum atomic E-state index is 5.70. The van der Waals surface area contributed by atoms with Crippen LogP contribution < -0.4 is 5.73 Å². The summed E-state index contributed by atoms with van der Waals surface area (Å²) in [5.41, 5.74) is 5.70. The summed E-state index contributed by atoms with van der Waals surface area (Å²) in [4.78, 5) is 0. The molecule has 1 saturated carbocycles. The van der Waals surface area contributed by atoms with E-state index in [9.17, 15) is 0 Å². The lowest BCUT2D eigenvalue weighted by Crippen LogP contribution is -2.24. The van der Waals surface area contributed by atoms with Crippen molar-refractivity contribution in [3.63, 3.8) is 0 Å². The van der Waals surface area contributed by atoms with E-state index in [4.69, 9.17) is 15.2 Å². The molecule has 0 heterocycles. The first kappa shape index (κ1) is 12.0. The second-order valence-electron chi connectivity index (χ2n) is 4.27. The van der Waals surface area contributed by atoms with Gasteiger partial charge in [-0.25, -0.2) is 0 Å². The van der Waals surface area contributed by atoms with Gasteiger partial charge >= 0.3 is 0 Å². The van der Waals surface area contributed by atoms with Crippen LogP contribution >= 0.6 is 0 Å². The third-order valence-electron chi connectivity index (χ3n) is 3.21. The average Bonchev–Trinajstić information content (AvgIpc) is 2.65. The Hall–Kier alpha value is -0.120. The SMILES string of the molecule is COC(C)COCC1CCCC1CN. The molecule has 0 aliphatic heterocycles. The van der Waals surface area contributed by atoms with E-state index < -0.39 is 0 Å². The molecule has 3 atom stereocenters. The molecule has 0 aromatic heterocycles. The highest BCUT2D eigenvalue weighted by Crippen LogP contribution is 2.30. The van der Waals surface area contributed by atoms with Crippen molar-refractivity contribution in [1.82, 2.24) is 0 Å². The van der Waals surface area contributed by atoms with Gasteiger partial charge in [0.2, 0.25) is 0 Å². The van der Waals surface area contributed by atoms with Gasteiger partial charge in [0.25, 0.3) is 0 Å². The van der Waals surface area contributed by atoms with E-state index in [0.29, 0.717) is 18.4 Å². The lowest BCUT2D eigenvalue weighted by Gasteiger charge is -2.18. The first-order valence-corrected chi connectivity index (χ1v) is 5.58. The third kappa shape index (κ3) is 3.56. The minimum absolute atomic E-state index is 0.202. The fourth-order valence-electron chi connectivity index (χ4n) is 2.10. The summed E-state index contributed by atoms with van der Waals surface area (Å²) in [6, 6.07) is 0. The van der Waals surface area contributed by atoms with Crippen molar-refractivity contribution < 1.29 is 9.47 Å². The van der Waals surface area contributed by atoms with Crippen LogP contribution in [0.5, 0.6) is 0 Å². The largest absolute Gasteiger partial charge is 0.379 e. The van der Waals surface area contributed by atoms with Gasteiger partial charge < -0.3 is 15.2 Å². The Morgan fingerprint density at radius 2 is 2.07 bits per heavy atom. The lowest BCUT2D eigenvalue weighted by atomic mass is 9.97. The van der Waals surface area contributed by atoms with Gasteiger partial charge in [0, 0.05) is 13.7 Å². The Bertz CT molecular complexity index is 152. The van der Waals surface area contributed by atoms with Crippen molar-refractivity contribution in [2.75, 3.05) is 26.9 Å². The number of hydrogen-bond acceptors (Lipinski definition) is 3. The van der Waals surface area contributed by atoms with Crippen LogP contribution in [0.3, 0.4) is 0 Å². The normalized spacial score (nSPS) is 29.4. The molecular weight excluding hydrogens is 178 g/mol. The molecule has 3 nitrogen and oxygen atoms in total. The molecule has 3 heteroatoms. The molecule has 1 aliphatic rings. The van der Waals surface area contributed by atoms with Crippen LogP contribution in [0.1, 0.15) is 26.2 Å². The number of methoxy groups -OCH3 is 1. The Balaban J connectivity index is 2.11. The molecule has 0 bridgehead atoms. The summed E-state index contributed by atoms with van der Waals surface area (Å²) < 4.78 is 10.7. The number of hydrogen-bond donors (Lipinski definition) is 1. The first-order valence-electron chi connectivity index (χ1n) is 5.58. The van der Waals surface area contributed by atoms with E-state index in [0.717, 1.165) is 13.2 Å². The number of ether oxygens (including phenoxy) is 2. The first-order chi connectivity index (χ1) is 6.77. The maximum Gasteiger partial charge on any atom is 0.0776 e. The van der Waals surface area contributed by atoms with Crippen LogP contribution in [0.25, 0.3) is 0 Å². The highest BCUT2D eigenvalue weighted by Gasteiger charge is 2.25. The molecule has 0 amide bonds. The lowest BCUT2D eigenvalue weighted by molar-refractivity contribution is 0.00213. The molecule has 0 radical (unpaired) electrons. The quantitative estimate of drug-likeness (QED) is 0.706. The van der Waals surface area contributed by atoms with E-state index in [2.05, 4.69) is 0 Å². The molecule has 14 heavy (non-hydrogen) atoms. The molecular formula is C11H23NO2. The molecule has 3 unspecified atom stereocenters. The van der Waals surface area contributed by atoms with Crippen LogP contribution in [-0.2, 0) is 9.47 Å². The van der Waals surface area contributed by atoms with Crippen molar-refractivity contribution >= 4 is 0 Å². The smallest absolute Gasteiger partial charge is 0.0776 e. The highest BCUT2D eigenvalue weighted by molar-refractivity contribution is 4.77. The summed E-state index contributed by atoms with van der Waals surface area (Å²) >= 11 is 0. The molecule has 0 aromatic carbocycles. The fraction of sp³-hybridized carbons (Fsp3) is 1.00. The molecule has 1 fully saturated rings. The minimum atomic E-state index is 0.202. The Kier molecular flexibility index (Phi) is 5.45. The number of rotatable bonds is 6. The van der Waals surface area contributed by atoms with Gasteiger partial charge in [0.05, 0.1) is 12.7 Å². The summed E-state index contributed by atoms with van der Waals surface area (Å²) in [7, 11) is 1.71. The van der Waals surface area contributed by atoms with Gasteiger partial charge in [-0.2, -0.15) is 0 Å². The predicted octanol–water partition coefficient (Wildman–Crippen LogP) is 1.41.